The van der Waals surface area contributed by atoms with Crippen LogP contribution in [-0.2, 0) is 20.6 Å². The summed E-state index contributed by atoms with van der Waals surface area (Å²) in [5, 5.41) is 5.75. The molecule has 0 saturated heterocycles. The van der Waals surface area contributed by atoms with Crippen molar-refractivity contribution in [3.63, 3.8) is 0 Å². The Hall–Kier alpha value is -2.07. The van der Waals surface area contributed by atoms with Crippen LogP contribution in [0, 0.1) is 6.92 Å². The molecule has 3 rings (SSSR count). The molecule has 0 unspecified atom stereocenters. The fourth-order valence-corrected chi connectivity index (χ4v) is 2.79. The first-order valence-corrected chi connectivity index (χ1v) is 6.40. The summed E-state index contributed by atoms with van der Waals surface area (Å²) in [6.45, 7) is 2.57. The summed E-state index contributed by atoms with van der Waals surface area (Å²) >= 11 is 0. The molecule has 98 valence electrons. The molecule has 0 saturated carbocycles. The molecule has 0 bridgehead atoms. The Bertz CT molecular complexity index is 749. The first-order chi connectivity index (χ1) is 9.13. The van der Waals surface area contributed by atoms with Crippen LogP contribution in [-0.4, -0.2) is 14.3 Å². The average molecular weight is 254 g/mol. The zero-order valence-electron chi connectivity index (χ0n) is 11.5. The maximum atomic E-state index is 5.75. The molecule has 0 amide bonds. The quantitative estimate of drug-likeness (QED) is 0.763. The van der Waals surface area contributed by atoms with Crippen molar-refractivity contribution in [3.8, 4) is 11.3 Å². The van der Waals surface area contributed by atoms with Gasteiger partial charge in [0.05, 0.1) is 11.4 Å². The lowest BCUT2D eigenvalue weighted by atomic mass is 10.1. The second-order valence-electron chi connectivity index (χ2n) is 4.92. The maximum Gasteiger partial charge on any atom is 0.0795 e. The fraction of sp³-hybridized carbons (Fsp3) is 0.267. The van der Waals surface area contributed by atoms with Gasteiger partial charge >= 0.3 is 0 Å². The number of hydrogen-bond acceptors (Lipinski definition) is 2. The largest absolute Gasteiger partial charge is 0.350 e. The number of hydrogen-bond donors (Lipinski definition) is 1. The van der Waals surface area contributed by atoms with Crippen LogP contribution >= 0.6 is 0 Å². The molecule has 0 atom stereocenters. The van der Waals surface area contributed by atoms with Gasteiger partial charge in [-0.1, -0.05) is 18.2 Å². The summed E-state index contributed by atoms with van der Waals surface area (Å²) in [5.74, 6) is 0. The lowest BCUT2D eigenvalue weighted by Gasteiger charge is -2.02. The third kappa shape index (κ3) is 1.68. The molecule has 4 nitrogen and oxygen atoms in total. The van der Waals surface area contributed by atoms with Gasteiger partial charge in [-0.2, -0.15) is 5.10 Å². The van der Waals surface area contributed by atoms with E-state index in [2.05, 4.69) is 54.1 Å². The van der Waals surface area contributed by atoms with E-state index in [1.54, 1.807) is 0 Å². The van der Waals surface area contributed by atoms with Gasteiger partial charge in [0.2, 0.25) is 0 Å². The normalized spacial score (nSPS) is 11.4. The van der Waals surface area contributed by atoms with Crippen LogP contribution in [0.25, 0.3) is 22.2 Å². The monoisotopic (exact) mass is 254 g/mol. The molecule has 19 heavy (non-hydrogen) atoms. The van der Waals surface area contributed by atoms with Crippen LogP contribution in [0.3, 0.4) is 0 Å². The molecule has 0 aliphatic rings. The molecule has 2 aromatic heterocycles. The number of para-hydroxylation sites is 1. The van der Waals surface area contributed by atoms with E-state index in [0.29, 0.717) is 6.54 Å². The average Bonchev–Trinajstić information content (AvgIpc) is 2.88. The van der Waals surface area contributed by atoms with Crippen LogP contribution in [0.5, 0.6) is 0 Å². The number of benzene rings is 1. The van der Waals surface area contributed by atoms with Crippen LogP contribution in [0.4, 0.5) is 0 Å². The summed E-state index contributed by atoms with van der Waals surface area (Å²) in [7, 11) is 4.05. The topological polar surface area (TPSA) is 48.8 Å². The predicted octanol–water partition coefficient (Wildman–Crippen LogP) is 2.35. The van der Waals surface area contributed by atoms with E-state index in [1.807, 2.05) is 11.7 Å². The highest BCUT2D eigenvalue weighted by Crippen LogP contribution is 2.32. The van der Waals surface area contributed by atoms with E-state index in [-0.39, 0.29) is 0 Å². The van der Waals surface area contributed by atoms with Crippen molar-refractivity contribution in [2.75, 3.05) is 0 Å². The zero-order valence-corrected chi connectivity index (χ0v) is 11.5. The molecule has 4 heteroatoms. The smallest absolute Gasteiger partial charge is 0.0795 e. The number of aromatic nitrogens is 3. The molecule has 0 spiro atoms. The molecule has 0 aliphatic carbocycles. The summed E-state index contributed by atoms with van der Waals surface area (Å²) < 4.78 is 4.08. The third-order valence-corrected chi connectivity index (χ3v) is 3.73. The summed E-state index contributed by atoms with van der Waals surface area (Å²) in [5.41, 5.74) is 11.5. The van der Waals surface area contributed by atoms with Gasteiger partial charge in [-0.25, -0.2) is 0 Å². The highest BCUT2D eigenvalue weighted by atomic mass is 15.3. The lowest BCUT2D eigenvalue weighted by molar-refractivity contribution is 0.749. The van der Waals surface area contributed by atoms with Crippen molar-refractivity contribution in [1.29, 1.82) is 0 Å². The number of nitrogens with two attached hydrogens (primary N) is 1. The van der Waals surface area contributed by atoms with Gasteiger partial charge in [-0.15, -0.1) is 0 Å². The fourth-order valence-electron chi connectivity index (χ4n) is 2.79. The maximum absolute atomic E-state index is 5.75. The third-order valence-electron chi connectivity index (χ3n) is 3.73. The van der Waals surface area contributed by atoms with Gasteiger partial charge in [0.25, 0.3) is 0 Å². The number of rotatable bonds is 2. The van der Waals surface area contributed by atoms with Crippen molar-refractivity contribution < 1.29 is 0 Å². The molecule has 0 aliphatic heterocycles. The molecule has 2 N–H and O–H groups in total. The summed E-state index contributed by atoms with van der Waals surface area (Å²) in [4.78, 5) is 0. The number of aryl methyl sites for hydroxylation is 2. The van der Waals surface area contributed by atoms with Gasteiger partial charge < -0.3 is 10.3 Å². The minimum Gasteiger partial charge on any atom is -0.350 e. The standard InChI is InChI=1S/C15H18N4/c1-10-13(8-16)17-19(3)15(10)12-9-18(2)14-7-5-4-6-11(12)14/h4-7,9H,8,16H2,1-3H3. The number of nitrogens with zero attached hydrogens (tertiary/aromatic N) is 3. The molecule has 0 fully saturated rings. The lowest BCUT2D eigenvalue weighted by Crippen LogP contribution is -1.99. The van der Waals surface area contributed by atoms with Crippen molar-refractivity contribution in [2.24, 2.45) is 19.8 Å². The predicted molar refractivity (Wildman–Crippen MR) is 77.7 cm³/mol. The van der Waals surface area contributed by atoms with Crippen LogP contribution < -0.4 is 5.73 Å². The molecular formula is C15H18N4. The molecule has 2 heterocycles. The van der Waals surface area contributed by atoms with Crippen molar-refractivity contribution in [3.05, 3.63) is 41.7 Å². The van der Waals surface area contributed by atoms with Gasteiger partial charge in [0.1, 0.15) is 0 Å². The minimum atomic E-state index is 0.477. The van der Waals surface area contributed by atoms with Crippen LogP contribution in [0.1, 0.15) is 11.3 Å². The second-order valence-corrected chi connectivity index (χ2v) is 4.92. The Balaban J connectivity index is 2.34. The Morgan fingerprint density at radius 3 is 2.63 bits per heavy atom. The Morgan fingerprint density at radius 1 is 1.21 bits per heavy atom. The van der Waals surface area contributed by atoms with E-state index < -0.39 is 0 Å². The Kier molecular flexibility index (Phi) is 2.68. The molecular weight excluding hydrogens is 236 g/mol. The van der Waals surface area contributed by atoms with Gasteiger partial charge in [-0.3, -0.25) is 4.68 Å². The zero-order chi connectivity index (χ0) is 13.6. The molecule has 3 aromatic rings. The van der Waals surface area contributed by atoms with E-state index >= 15 is 0 Å². The van der Waals surface area contributed by atoms with Crippen molar-refractivity contribution >= 4 is 10.9 Å². The highest BCUT2D eigenvalue weighted by molar-refractivity contribution is 5.96. The van der Waals surface area contributed by atoms with Crippen LogP contribution in [0.15, 0.2) is 30.5 Å². The minimum absolute atomic E-state index is 0.477. The highest BCUT2D eigenvalue weighted by Gasteiger charge is 2.17. The summed E-state index contributed by atoms with van der Waals surface area (Å²) in [6, 6.07) is 8.42. The second kappa shape index (κ2) is 4.24. The first-order valence-electron chi connectivity index (χ1n) is 6.40. The summed E-state index contributed by atoms with van der Waals surface area (Å²) in [6.07, 6.45) is 2.16. The first kappa shape index (κ1) is 12.0. The van der Waals surface area contributed by atoms with Crippen molar-refractivity contribution in [2.45, 2.75) is 13.5 Å². The van der Waals surface area contributed by atoms with Gasteiger partial charge in [0, 0.05) is 43.3 Å². The molecule has 0 radical (unpaired) electrons. The van der Waals surface area contributed by atoms with E-state index in [1.165, 1.54) is 22.0 Å². The van der Waals surface area contributed by atoms with E-state index in [9.17, 15) is 0 Å². The van der Waals surface area contributed by atoms with E-state index in [4.69, 9.17) is 5.73 Å². The van der Waals surface area contributed by atoms with Crippen LogP contribution in [0.2, 0.25) is 0 Å². The SMILES string of the molecule is Cc1c(CN)nn(C)c1-c1cn(C)c2ccccc12. The molecule has 1 aromatic carbocycles. The van der Waals surface area contributed by atoms with Gasteiger partial charge in [0.15, 0.2) is 0 Å². The Morgan fingerprint density at radius 2 is 1.95 bits per heavy atom. The number of fused-ring (bicyclic) bond motifs is 1. The van der Waals surface area contributed by atoms with E-state index in [0.717, 1.165) is 11.4 Å². The Labute approximate surface area is 112 Å². The van der Waals surface area contributed by atoms with Crippen molar-refractivity contribution in [1.82, 2.24) is 14.3 Å². The van der Waals surface area contributed by atoms with Gasteiger partial charge in [-0.05, 0) is 18.6 Å².